The summed E-state index contributed by atoms with van der Waals surface area (Å²) < 4.78 is 6.32. The predicted molar refractivity (Wildman–Crippen MR) is 100 cm³/mol. The topological polar surface area (TPSA) is 91.8 Å². The number of thiazole rings is 1. The van der Waals surface area contributed by atoms with Crippen molar-refractivity contribution in [3.8, 4) is 11.5 Å². The Labute approximate surface area is 157 Å². The predicted octanol–water partition coefficient (Wildman–Crippen LogP) is 2.41. The first-order valence-electron chi connectivity index (χ1n) is 9.14. The molecule has 0 amide bonds. The molecule has 2 aliphatic heterocycles. The van der Waals surface area contributed by atoms with Crippen LogP contribution in [-0.4, -0.2) is 45.8 Å². The van der Waals surface area contributed by atoms with Gasteiger partial charge < -0.3 is 20.7 Å². The second kappa shape index (κ2) is 7.52. The number of likely N-dealkylation sites (tertiary alicyclic amines) is 1. The lowest BCUT2D eigenvalue weighted by molar-refractivity contribution is -0.0680. The van der Waals surface area contributed by atoms with E-state index in [9.17, 15) is 10.2 Å². The van der Waals surface area contributed by atoms with E-state index in [0.29, 0.717) is 18.9 Å². The van der Waals surface area contributed by atoms with E-state index in [4.69, 9.17) is 10.5 Å². The van der Waals surface area contributed by atoms with Crippen molar-refractivity contribution in [2.24, 2.45) is 11.7 Å². The molecule has 1 saturated heterocycles. The minimum atomic E-state index is -0.232. The SMILES string of the molecule is NCC1OC(C2CCCN(Cc3cscn3)C2)Cc2c1ccc(O)c2O. The molecule has 0 radical (unpaired) electrons. The molecule has 0 spiro atoms. The average Bonchev–Trinajstić information content (AvgIpc) is 3.17. The highest BCUT2D eigenvalue weighted by Crippen LogP contribution is 2.42. The highest BCUT2D eigenvalue weighted by atomic mass is 32.1. The molecule has 0 bridgehead atoms. The first-order chi connectivity index (χ1) is 12.7. The van der Waals surface area contributed by atoms with Gasteiger partial charge in [0, 0.05) is 37.0 Å². The molecule has 4 rings (SSSR count). The van der Waals surface area contributed by atoms with Gasteiger partial charge in [-0.3, -0.25) is 4.90 Å². The van der Waals surface area contributed by atoms with Crippen molar-refractivity contribution >= 4 is 11.3 Å². The van der Waals surface area contributed by atoms with Gasteiger partial charge in [0.1, 0.15) is 0 Å². The van der Waals surface area contributed by atoms with Crippen LogP contribution >= 0.6 is 11.3 Å². The molecule has 6 nitrogen and oxygen atoms in total. The minimum Gasteiger partial charge on any atom is -0.504 e. The Morgan fingerprint density at radius 3 is 3.00 bits per heavy atom. The van der Waals surface area contributed by atoms with Crippen LogP contribution in [-0.2, 0) is 17.7 Å². The van der Waals surface area contributed by atoms with E-state index < -0.39 is 0 Å². The molecule has 140 valence electrons. The first-order valence-corrected chi connectivity index (χ1v) is 10.1. The summed E-state index contributed by atoms with van der Waals surface area (Å²) in [7, 11) is 0. The maximum Gasteiger partial charge on any atom is 0.161 e. The number of aromatic hydroxyl groups is 2. The molecule has 3 unspecified atom stereocenters. The molecular weight excluding hydrogens is 350 g/mol. The number of phenols is 2. The molecule has 26 heavy (non-hydrogen) atoms. The van der Waals surface area contributed by atoms with E-state index in [1.54, 1.807) is 11.3 Å². The number of hydrogen-bond donors (Lipinski definition) is 3. The molecule has 2 aromatic rings. The van der Waals surface area contributed by atoms with Crippen LogP contribution in [0.25, 0.3) is 0 Å². The zero-order valence-corrected chi connectivity index (χ0v) is 15.5. The fourth-order valence-electron chi connectivity index (χ4n) is 4.23. The largest absolute Gasteiger partial charge is 0.504 e. The van der Waals surface area contributed by atoms with E-state index in [-0.39, 0.29) is 23.7 Å². The number of hydrogen-bond acceptors (Lipinski definition) is 7. The van der Waals surface area contributed by atoms with Crippen molar-refractivity contribution in [2.45, 2.75) is 38.0 Å². The van der Waals surface area contributed by atoms with Gasteiger partial charge in [-0.05, 0) is 36.9 Å². The van der Waals surface area contributed by atoms with Crippen LogP contribution in [0, 0.1) is 5.92 Å². The second-order valence-corrected chi connectivity index (χ2v) is 7.94. The van der Waals surface area contributed by atoms with E-state index in [2.05, 4.69) is 15.3 Å². The number of benzene rings is 1. The van der Waals surface area contributed by atoms with Crippen molar-refractivity contribution in [1.29, 1.82) is 0 Å². The highest BCUT2D eigenvalue weighted by Gasteiger charge is 2.36. The summed E-state index contributed by atoms with van der Waals surface area (Å²) >= 11 is 1.63. The van der Waals surface area contributed by atoms with Crippen LogP contribution in [0.15, 0.2) is 23.0 Å². The summed E-state index contributed by atoms with van der Waals surface area (Å²) in [6.45, 7) is 3.26. The van der Waals surface area contributed by atoms with Gasteiger partial charge in [-0.1, -0.05) is 6.07 Å². The van der Waals surface area contributed by atoms with Crippen molar-refractivity contribution in [1.82, 2.24) is 9.88 Å². The van der Waals surface area contributed by atoms with Crippen molar-refractivity contribution in [2.75, 3.05) is 19.6 Å². The molecule has 2 aliphatic rings. The van der Waals surface area contributed by atoms with Gasteiger partial charge in [0.15, 0.2) is 11.5 Å². The molecular formula is C19H25N3O3S. The van der Waals surface area contributed by atoms with Gasteiger partial charge >= 0.3 is 0 Å². The molecule has 1 aromatic heterocycles. The highest BCUT2D eigenvalue weighted by molar-refractivity contribution is 7.07. The van der Waals surface area contributed by atoms with Gasteiger partial charge in [-0.2, -0.15) is 0 Å². The second-order valence-electron chi connectivity index (χ2n) is 7.22. The fraction of sp³-hybridized carbons (Fsp3) is 0.526. The number of rotatable bonds is 4. The van der Waals surface area contributed by atoms with Crippen LogP contribution in [0.1, 0.15) is 35.8 Å². The van der Waals surface area contributed by atoms with E-state index in [1.807, 2.05) is 11.6 Å². The molecule has 4 N–H and O–H groups in total. The number of fused-ring (bicyclic) bond motifs is 1. The van der Waals surface area contributed by atoms with Crippen LogP contribution < -0.4 is 5.73 Å². The van der Waals surface area contributed by atoms with Gasteiger partial charge in [0.2, 0.25) is 0 Å². The van der Waals surface area contributed by atoms with Crippen molar-refractivity contribution < 1.29 is 14.9 Å². The van der Waals surface area contributed by atoms with Gasteiger partial charge in [0.05, 0.1) is 23.4 Å². The quantitative estimate of drug-likeness (QED) is 0.711. The number of ether oxygens (including phenoxy) is 1. The molecule has 3 atom stereocenters. The Kier molecular flexibility index (Phi) is 5.13. The molecule has 1 aromatic carbocycles. The number of nitrogens with zero attached hydrogens (tertiary/aromatic N) is 2. The minimum absolute atomic E-state index is 0.00184. The van der Waals surface area contributed by atoms with Gasteiger partial charge in [-0.25, -0.2) is 4.98 Å². The normalized spacial score (nSPS) is 26.6. The zero-order chi connectivity index (χ0) is 18.1. The van der Waals surface area contributed by atoms with Crippen LogP contribution in [0.4, 0.5) is 0 Å². The smallest absolute Gasteiger partial charge is 0.161 e. The third kappa shape index (κ3) is 3.44. The van der Waals surface area contributed by atoms with E-state index >= 15 is 0 Å². The number of nitrogens with two attached hydrogens (primary N) is 1. The van der Waals surface area contributed by atoms with Gasteiger partial charge in [-0.15, -0.1) is 11.3 Å². The Hall–Kier alpha value is -1.67. The monoisotopic (exact) mass is 375 g/mol. The lowest BCUT2D eigenvalue weighted by atomic mass is 9.84. The van der Waals surface area contributed by atoms with Crippen LogP contribution in [0.2, 0.25) is 0 Å². The summed E-state index contributed by atoms with van der Waals surface area (Å²) in [6.07, 6.45) is 2.61. The van der Waals surface area contributed by atoms with E-state index in [0.717, 1.165) is 49.3 Å². The Bertz CT molecular complexity index is 753. The first kappa shape index (κ1) is 17.7. The average molecular weight is 375 g/mol. The molecule has 3 heterocycles. The fourth-order valence-corrected chi connectivity index (χ4v) is 4.78. The molecule has 0 aliphatic carbocycles. The summed E-state index contributed by atoms with van der Waals surface area (Å²) in [5, 5.41) is 22.3. The third-order valence-electron chi connectivity index (χ3n) is 5.54. The maximum absolute atomic E-state index is 10.3. The van der Waals surface area contributed by atoms with Gasteiger partial charge in [0.25, 0.3) is 0 Å². The third-order valence-corrected chi connectivity index (χ3v) is 6.18. The Balaban J connectivity index is 1.51. The lowest BCUT2D eigenvalue weighted by Gasteiger charge is -2.41. The summed E-state index contributed by atoms with van der Waals surface area (Å²) in [5.74, 6) is 0.282. The maximum atomic E-state index is 10.3. The number of aromatic nitrogens is 1. The lowest BCUT2D eigenvalue weighted by Crippen LogP contribution is -2.44. The summed E-state index contributed by atoms with van der Waals surface area (Å²) in [5.41, 5.74) is 10.6. The molecule has 7 heteroatoms. The van der Waals surface area contributed by atoms with Crippen LogP contribution in [0.5, 0.6) is 11.5 Å². The zero-order valence-electron chi connectivity index (χ0n) is 14.7. The summed E-state index contributed by atoms with van der Waals surface area (Å²) in [6, 6.07) is 3.32. The van der Waals surface area contributed by atoms with Crippen molar-refractivity contribution in [3.05, 3.63) is 39.8 Å². The van der Waals surface area contributed by atoms with Crippen LogP contribution in [0.3, 0.4) is 0 Å². The van der Waals surface area contributed by atoms with E-state index in [1.165, 1.54) is 6.07 Å². The Morgan fingerprint density at radius 1 is 1.35 bits per heavy atom. The summed E-state index contributed by atoms with van der Waals surface area (Å²) in [4.78, 5) is 6.82. The number of piperidine rings is 1. The Morgan fingerprint density at radius 2 is 2.23 bits per heavy atom. The standard InChI is InChI=1S/C19H25N3O3S/c20-7-18-14-3-4-16(23)19(24)15(14)6-17(25-18)12-2-1-5-22(8-12)9-13-10-26-11-21-13/h3-4,10-12,17-18,23-24H,1-2,5-9,20H2. The molecule has 1 fully saturated rings. The molecule has 0 saturated carbocycles. The number of phenolic OH excluding ortho intramolecular Hbond substituents is 2. The van der Waals surface area contributed by atoms with Crippen molar-refractivity contribution in [3.63, 3.8) is 0 Å².